The minimum Gasteiger partial charge on any atom is -0.368 e. The normalized spacial score (nSPS) is 10.7. The van der Waals surface area contributed by atoms with E-state index in [0.29, 0.717) is 0 Å². The van der Waals surface area contributed by atoms with Crippen molar-refractivity contribution >= 4 is 5.95 Å². The second kappa shape index (κ2) is 4.65. The number of rotatable bonds is 2. The summed E-state index contributed by atoms with van der Waals surface area (Å²) < 4.78 is 28.8. The van der Waals surface area contributed by atoms with Crippen molar-refractivity contribution in [3.05, 3.63) is 48.3 Å². The Balaban J connectivity index is 2.20. The van der Waals surface area contributed by atoms with Gasteiger partial charge in [0.15, 0.2) is 5.82 Å². The molecule has 0 atom stereocenters. The van der Waals surface area contributed by atoms with Crippen LogP contribution in [0.5, 0.6) is 0 Å². The van der Waals surface area contributed by atoms with Gasteiger partial charge in [0.1, 0.15) is 11.6 Å². The van der Waals surface area contributed by atoms with Crippen molar-refractivity contribution in [2.24, 2.45) is 0 Å². The lowest BCUT2D eigenvalue weighted by molar-refractivity contribution is 0.587. The van der Waals surface area contributed by atoms with Crippen LogP contribution in [0.3, 0.4) is 0 Å². The highest BCUT2D eigenvalue weighted by Crippen LogP contribution is 2.23. The van der Waals surface area contributed by atoms with Crippen LogP contribution in [0.1, 0.15) is 0 Å². The molecule has 20 heavy (non-hydrogen) atoms. The van der Waals surface area contributed by atoms with Crippen LogP contribution in [0.2, 0.25) is 0 Å². The second-order valence-electron chi connectivity index (χ2n) is 3.86. The van der Waals surface area contributed by atoms with Gasteiger partial charge in [-0.1, -0.05) is 6.07 Å². The molecule has 2 N–H and O–H groups in total. The minimum absolute atomic E-state index is 0.0835. The Morgan fingerprint density at radius 3 is 2.40 bits per heavy atom. The summed E-state index contributed by atoms with van der Waals surface area (Å²) in [5.41, 5.74) is 5.20. The van der Waals surface area contributed by atoms with Crippen molar-refractivity contribution in [2.45, 2.75) is 0 Å². The van der Waals surface area contributed by atoms with E-state index in [9.17, 15) is 8.78 Å². The summed E-state index contributed by atoms with van der Waals surface area (Å²) in [5.74, 6) is -1.80. The summed E-state index contributed by atoms with van der Waals surface area (Å²) in [6.45, 7) is 0. The van der Waals surface area contributed by atoms with Gasteiger partial charge in [0.25, 0.3) is 5.95 Å². The molecule has 1 aromatic carbocycles. The number of hydrogen-bond acceptors (Lipinski definition) is 5. The SMILES string of the molecule is Nc1nc(-c2c(F)cccc2F)nc(-n2cccn2)n1. The van der Waals surface area contributed by atoms with Crippen LogP contribution in [0, 0.1) is 11.6 Å². The third kappa shape index (κ3) is 2.07. The number of anilines is 1. The molecule has 0 aliphatic rings. The van der Waals surface area contributed by atoms with E-state index in [4.69, 9.17) is 5.73 Å². The van der Waals surface area contributed by atoms with Crippen LogP contribution in [0.25, 0.3) is 17.3 Å². The van der Waals surface area contributed by atoms with Gasteiger partial charge in [0, 0.05) is 12.4 Å². The predicted octanol–water partition coefficient (Wildman–Crippen LogP) is 1.58. The molecule has 0 aliphatic carbocycles. The standard InChI is InChI=1S/C12H8F2N6/c13-7-3-1-4-8(14)9(7)10-17-11(15)19-12(18-10)20-6-2-5-16-20/h1-6H,(H2,15,17,18,19). The van der Waals surface area contributed by atoms with Gasteiger partial charge in [0.2, 0.25) is 5.95 Å². The van der Waals surface area contributed by atoms with Gasteiger partial charge in [-0.15, -0.1) is 0 Å². The summed E-state index contributed by atoms with van der Waals surface area (Å²) in [6.07, 6.45) is 3.10. The smallest absolute Gasteiger partial charge is 0.255 e. The van der Waals surface area contributed by atoms with Crippen molar-refractivity contribution in [1.82, 2.24) is 24.7 Å². The monoisotopic (exact) mass is 274 g/mol. The molecule has 3 rings (SSSR count). The highest BCUT2D eigenvalue weighted by atomic mass is 19.1. The molecular formula is C12H8F2N6. The number of hydrogen-bond donors (Lipinski definition) is 1. The summed E-state index contributed by atoms with van der Waals surface area (Å²) in [5, 5.41) is 3.93. The Labute approximate surface area is 111 Å². The highest BCUT2D eigenvalue weighted by molar-refractivity contribution is 5.58. The highest BCUT2D eigenvalue weighted by Gasteiger charge is 2.16. The molecule has 100 valence electrons. The zero-order valence-corrected chi connectivity index (χ0v) is 10.0. The first kappa shape index (κ1) is 12.2. The van der Waals surface area contributed by atoms with Crippen LogP contribution in [0.15, 0.2) is 36.7 Å². The molecule has 2 aromatic heterocycles. The Kier molecular flexibility index (Phi) is 2.82. The minimum atomic E-state index is -0.776. The number of nitrogen functional groups attached to an aromatic ring is 1. The van der Waals surface area contributed by atoms with E-state index in [0.717, 1.165) is 12.1 Å². The lowest BCUT2D eigenvalue weighted by Crippen LogP contribution is -2.09. The predicted molar refractivity (Wildman–Crippen MR) is 66.7 cm³/mol. The van der Waals surface area contributed by atoms with Gasteiger partial charge in [-0.25, -0.2) is 13.5 Å². The fourth-order valence-corrected chi connectivity index (χ4v) is 1.69. The first-order valence-electron chi connectivity index (χ1n) is 5.61. The topological polar surface area (TPSA) is 82.5 Å². The van der Waals surface area contributed by atoms with Gasteiger partial charge in [-0.3, -0.25) is 0 Å². The van der Waals surface area contributed by atoms with E-state index < -0.39 is 11.6 Å². The number of nitrogens with two attached hydrogens (primary N) is 1. The Hall–Kier alpha value is -2.90. The van der Waals surface area contributed by atoms with Crippen LogP contribution in [-0.4, -0.2) is 24.7 Å². The van der Waals surface area contributed by atoms with Crippen molar-refractivity contribution in [1.29, 1.82) is 0 Å². The van der Waals surface area contributed by atoms with Crippen molar-refractivity contribution < 1.29 is 8.78 Å². The fourth-order valence-electron chi connectivity index (χ4n) is 1.69. The second-order valence-corrected chi connectivity index (χ2v) is 3.86. The summed E-state index contributed by atoms with van der Waals surface area (Å²) in [4.78, 5) is 11.6. The lowest BCUT2D eigenvalue weighted by Gasteiger charge is -2.06. The first-order chi connectivity index (χ1) is 9.65. The quantitative estimate of drug-likeness (QED) is 0.767. The number of halogens is 2. The molecule has 0 unspecified atom stereocenters. The number of aromatic nitrogens is 5. The Morgan fingerprint density at radius 2 is 1.75 bits per heavy atom. The molecule has 2 heterocycles. The van der Waals surface area contributed by atoms with E-state index in [2.05, 4.69) is 20.1 Å². The lowest BCUT2D eigenvalue weighted by atomic mass is 10.2. The van der Waals surface area contributed by atoms with Crippen LogP contribution in [-0.2, 0) is 0 Å². The Morgan fingerprint density at radius 1 is 1.00 bits per heavy atom. The fraction of sp³-hybridized carbons (Fsp3) is 0. The van der Waals surface area contributed by atoms with Crippen LogP contribution < -0.4 is 5.73 Å². The number of benzene rings is 1. The molecule has 0 spiro atoms. The van der Waals surface area contributed by atoms with Crippen molar-refractivity contribution in [3.63, 3.8) is 0 Å². The molecule has 0 fully saturated rings. The maximum Gasteiger partial charge on any atom is 0.255 e. The van der Waals surface area contributed by atoms with Crippen LogP contribution in [0.4, 0.5) is 14.7 Å². The zero-order chi connectivity index (χ0) is 14.1. The zero-order valence-electron chi connectivity index (χ0n) is 10.0. The maximum atomic E-state index is 13.7. The van der Waals surface area contributed by atoms with E-state index >= 15 is 0 Å². The molecule has 0 aliphatic heterocycles. The van der Waals surface area contributed by atoms with Crippen LogP contribution >= 0.6 is 0 Å². The van der Waals surface area contributed by atoms with Crippen molar-refractivity contribution in [2.75, 3.05) is 5.73 Å². The summed E-state index contributed by atoms with van der Waals surface area (Å²) in [6, 6.07) is 5.15. The largest absolute Gasteiger partial charge is 0.368 e. The third-order valence-electron chi connectivity index (χ3n) is 2.54. The van der Waals surface area contributed by atoms with E-state index in [-0.39, 0.29) is 23.3 Å². The van der Waals surface area contributed by atoms with E-state index in [1.165, 1.54) is 16.9 Å². The molecule has 0 saturated carbocycles. The van der Waals surface area contributed by atoms with Crippen molar-refractivity contribution in [3.8, 4) is 17.3 Å². The van der Waals surface area contributed by atoms with Gasteiger partial charge in [0.05, 0.1) is 5.56 Å². The molecule has 0 bridgehead atoms. The maximum absolute atomic E-state index is 13.7. The molecule has 8 heteroatoms. The molecule has 0 amide bonds. The van der Waals surface area contributed by atoms with E-state index in [1.54, 1.807) is 12.3 Å². The average Bonchev–Trinajstić information content (AvgIpc) is 2.91. The Bertz CT molecular complexity index is 736. The molecule has 0 radical (unpaired) electrons. The van der Waals surface area contributed by atoms with E-state index in [1.807, 2.05) is 0 Å². The van der Waals surface area contributed by atoms with Gasteiger partial charge < -0.3 is 5.73 Å². The molecule has 0 saturated heterocycles. The molecular weight excluding hydrogens is 266 g/mol. The summed E-state index contributed by atoms with van der Waals surface area (Å²) in [7, 11) is 0. The van der Waals surface area contributed by atoms with Gasteiger partial charge >= 0.3 is 0 Å². The number of nitrogens with zero attached hydrogens (tertiary/aromatic N) is 5. The molecule has 3 aromatic rings. The average molecular weight is 274 g/mol. The third-order valence-corrected chi connectivity index (χ3v) is 2.54. The molecule has 6 nitrogen and oxygen atoms in total. The summed E-state index contributed by atoms with van der Waals surface area (Å²) >= 11 is 0. The first-order valence-corrected chi connectivity index (χ1v) is 5.61. The van der Waals surface area contributed by atoms with Gasteiger partial charge in [-0.2, -0.15) is 20.1 Å². The van der Waals surface area contributed by atoms with Gasteiger partial charge in [-0.05, 0) is 18.2 Å².